The van der Waals surface area contributed by atoms with Crippen molar-refractivity contribution in [3.63, 3.8) is 0 Å². The molecule has 1 amide bonds. The molecule has 1 fully saturated rings. The predicted molar refractivity (Wildman–Crippen MR) is 116 cm³/mol. The van der Waals surface area contributed by atoms with Crippen molar-refractivity contribution < 1.29 is 4.79 Å². The third-order valence-corrected chi connectivity index (χ3v) is 5.65. The van der Waals surface area contributed by atoms with Crippen LogP contribution < -0.4 is 11.0 Å². The highest BCUT2D eigenvalue weighted by atomic mass is 79.9. The molecule has 0 bridgehead atoms. The first kappa shape index (κ1) is 19.9. The van der Waals surface area contributed by atoms with Crippen LogP contribution in [0.2, 0.25) is 5.02 Å². The fraction of sp³-hybridized carbons (Fsp3) is 0.286. The lowest BCUT2D eigenvalue weighted by Gasteiger charge is -2.14. The molecule has 150 valence electrons. The van der Waals surface area contributed by atoms with Crippen LogP contribution in [0.3, 0.4) is 0 Å². The molecular formula is C21H20BrClN4O2. The number of aromatic nitrogens is 3. The summed E-state index contributed by atoms with van der Waals surface area (Å²) in [6, 6.07) is 14.9. The Morgan fingerprint density at radius 1 is 1.28 bits per heavy atom. The van der Waals surface area contributed by atoms with Gasteiger partial charge in [0.25, 0.3) is 0 Å². The van der Waals surface area contributed by atoms with Gasteiger partial charge in [-0.2, -0.15) is 0 Å². The van der Waals surface area contributed by atoms with Crippen LogP contribution in [0.25, 0.3) is 11.4 Å². The molecule has 1 heterocycles. The van der Waals surface area contributed by atoms with Crippen LogP contribution in [0.1, 0.15) is 37.4 Å². The van der Waals surface area contributed by atoms with E-state index in [1.54, 1.807) is 16.7 Å². The largest absolute Gasteiger partial charge is 0.348 e. The first-order valence-electron chi connectivity index (χ1n) is 9.42. The highest BCUT2D eigenvalue weighted by Gasteiger charge is 2.30. The standard InChI is InChI=1S/C21H20BrClN4O2/c1-13(15-3-2-4-16(22)11-15)24-19(28)12-26-21(29)27(18-9-10-18)20(25-26)14-5-7-17(23)8-6-14/h2-8,11,13,18H,9-10,12H2,1H3,(H,24,28). The molecule has 29 heavy (non-hydrogen) atoms. The highest BCUT2D eigenvalue weighted by Crippen LogP contribution is 2.36. The lowest BCUT2D eigenvalue weighted by Crippen LogP contribution is -2.34. The second-order valence-electron chi connectivity index (χ2n) is 7.22. The molecule has 1 aromatic heterocycles. The van der Waals surface area contributed by atoms with E-state index in [1.165, 1.54) is 4.68 Å². The Kier molecular flexibility index (Phi) is 5.61. The van der Waals surface area contributed by atoms with Gasteiger partial charge in [-0.05, 0) is 61.7 Å². The maximum absolute atomic E-state index is 12.9. The summed E-state index contributed by atoms with van der Waals surface area (Å²) in [5.74, 6) is 0.310. The zero-order valence-corrected chi connectivity index (χ0v) is 18.2. The summed E-state index contributed by atoms with van der Waals surface area (Å²) in [5.41, 5.74) is 1.52. The zero-order chi connectivity index (χ0) is 20.5. The maximum Gasteiger partial charge on any atom is 0.346 e. The van der Waals surface area contributed by atoms with Crippen LogP contribution in [0.15, 0.2) is 57.8 Å². The van der Waals surface area contributed by atoms with Crippen LogP contribution in [-0.4, -0.2) is 20.3 Å². The van der Waals surface area contributed by atoms with Gasteiger partial charge in [0.1, 0.15) is 6.54 Å². The van der Waals surface area contributed by atoms with Crippen LogP contribution in [0.4, 0.5) is 0 Å². The molecule has 0 aliphatic heterocycles. The summed E-state index contributed by atoms with van der Waals surface area (Å²) in [6.07, 6.45) is 1.89. The Morgan fingerprint density at radius 2 is 2.00 bits per heavy atom. The SMILES string of the molecule is CC(NC(=O)Cn1nc(-c2ccc(Cl)cc2)n(C2CC2)c1=O)c1cccc(Br)c1. The van der Waals surface area contributed by atoms with Gasteiger partial charge < -0.3 is 5.32 Å². The number of halogens is 2. The van der Waals surface area contributed by atoms with Crippen LogP contribution >= 0.6 is 27.5 Å². The van der Waals surface area contributed by atoms with Gasteiger partial charge in [-0.1, -0.05) is 39.7 Å². The third kappa shape index (κ3) is 4.46. The number of nitrogens with zero attached hydrogens (tertiary/aromatic N) is 3. The summed E-state index contributed by atoms with van der Waals surface area (Å²) >= 11 is 9.42. The Balaban J connectivity index is 1.55. The van der Waals surface area contributed by atoms with E-state index in [0.29, 0.717) is 10.8 Å². The van der Waals surface area contributed by atoms with Gasteiger partial charge in [-0.3, -0.25) is 9.36 Å². The Labute approximate surface area is 181 Å². The van der Waals surface area contributed by atoms with Gasteiger partial charge in [0.05, 0.1) is 6.04 Å². The van der Waals surface area contributed by atoms with Crippen molar-refractivity contribution in [1.82, 2.24) is 19.7 Å². The van der Waals surface area contributed by atoms with E-state index in [2.05, 4.69) is 26.3 Å². The van der Waals surface area contributed by atoms with Gasteiger partial charge in [0, 0.05) is 21.1 Å². The molecule has 1 saturated carbocycles. The van der Waals surface area contributed by atoms with Crippen molar-refractivity contribution >= 4 is 33.4 Å². The number of nitrogens with one attached hydrogen (secondary N) is 1. The van der Waals surface area contributed by atoms with E-state index < -0.39 is 0 Å². The van der Waals surface area contributed by atoms with E-state index in [9.17, 15) is 9.59 Å². The lowest BCUT2D eigenvalue weighted by atomic mass is 10.1. The summed E-state index contributed by atoms with van der Waals surface area (Å²) < 4.78 is 3.88. The smallest absolute Gasteiger partial charge is 0.346 e. The molecule has 1 unspecified atom stereocenters. The molecule has 8 heteroatoms. The normalized spacial score (nSPS) is 14.6. The molecule has 0 spiro atoms. The van der Waals surface area contributed by atoms with Crippen LogP contribution in [0.5, 0.6) is 0 Å². The molecule has 0 saturated heterocycles. The van der Waals surface area contributed by atoms with E-state index >= 15 is 0 Å². The number of amides is 1. The molecule has 2 aromatic carbocycles. The summed E-state index contributed by atoms with van der Waals surface area (Å²) in [4.78, 5) is 25.5. The maximum atomic E-state index is 12.9. The number of carbonyl (C=O) groups excluding carboxylic acids is 1. The van der Waals surface area contributed by atoms with Crippen molar-refractivity contribution in [1.29, 1.82) is 0 Å². The predicted octanol–water partition coefficient (Wildman–Crippen LogP) is 4.34. The minimum atomic E-state index is -0.261. The molecule has 6 nitrogen and oxygen atoms in total. The fourth-order valence-electron chi connectivity index (χ4n) is 3.26. The van der Waals surface area contributed by atoms with E-state index in [4.69, 9.17) is 11.6 Å². The van der Waals surface area contributed by atoms with Crippen molar-refractivity contribution in [3.8, 4) is 11.4 Å². The molecule has 0 radical (unpaired) electrons. The van der Waals surface area contributed by atoms with Crippen LogP contribution in [-0.2, 0) is 11.3 Å². The van der Waals surface area contributed by atoms with Gasteiger partial charge in [0.2, 0.25) is 5.91 Å². The Bertz CT molecular complexity index is 1100. The van der Waals surface area contributed by atoms with Crippen molar-refractivity contribution in [2.24, 2.45) is 0 Å². The Hall–Kier alpha value is -2.38. The summed E-state index contributed by atoms with van der Waals surface area (Å²) in [7, 11) is 0. The number of rotatable bonds is 6. The number of hydrogen-bond acceptors (Lipinski definition) is 3. The second kappa shape index (κ2) is 8.16. The Morgan fingerprint density at radius 3 is 2.66 bits per heavy atom. The topological polar surface area (TPSA) is 68.9 Å². The first-order chi connectivity index (χ1) is 13.9. The average Bonchev–Trinajstić information content (AvgIpc) is 3.47. The minimum absolute atomic E-state index is 0.127. The van der Waals surface area contributed by atoms with Gasteiger partial charge in [0.15, 0.2) is 5.82 Å². The number of carbonyl (C=O) groups is 1. The zero-order valence-electron chi connectivity index (χ0n) is 15.8. The molecule has 3 aromatic rings. The summed E-state index contributed by atoms with van der Waals surface area (Å²) in [5, 5.41) is 8.01. The van der Waals surface area contributed by atoms with Crippen molar-refractivity contribution in [2.45, 2.75) is 38.4 Å². The molecule has 1 aliphatic rings. The molecule has 1 aliphatic carbocycles. The molecule has 4 rings (SSSR count). The second-order valence-corrected chi connectivity index (χ2v) is 8.57. The lowest BCUT2D eigenvalue weighted by molar-refractivity contribution is -0.122. The monoisotopic (exact) mass is 474 g/mol. The van der Waals surface area contributed by atoms with Crippen molar-refractivity contribution in [2.75, 3.05) is 0 Å². The van der Waals surface area contributed by atoms with E-state index in [1.807, 2.05) is 43.3 Å². The molecule has 1 N–H and O–H groups in total. The number of benzene rings is 2. The number of hydrogen-bond donors (Lipinski definition) is 1. The van der Waals surface area contributed by atoms with Gasteiger partial charge >= 0.3 is 5.69 Å². The van der Waals surface area contributed by atoms with Gasteiger partial charge in [-0.25, -0.2) is 9.48 Å². The van der Waals surface area contributed by atoms with Crippen molar-refractivity contribution in [3.05, 3.63) is 74.1 Å². The van der Waals surface area contributed by atoms with Crippen LogP contribution in [0, 0.1) is 0 Å². The van der Waals surface area contributed by atoms with Gasteiger partial charge in [-0.15, -0.1) is 5.10 Å². The fourth-order valence-corrected chi connectivity index (χ4v) is 3.81. The highest BCUT2D eigenvalue weighted by molar-refractivity contribution is 9.10. The first-order valence-corrected chi connectivity index (χ1v) is 10.6. The summed E-state index contributed by atoms with van der Waals surface area (Å²) in [6.45, 7) is 1.78. The molecular weight excluding hydrogens is 456 g/mol. The van der Waals surface area contributed by atoms with E-state index in [-0.39, 0.29) is 30.2 Å². The quantitative estimate of drug-likeness (QED) is 0.577. The van der Waals surface area contributed by atoms with E-state index in [0.717, 1.165) is 28.4 Å². The average molecular weight is 476 g/mol. The minimum Gasteiger partial charge on any atom is -0.348 e. The third-order valence-electron chi connectivity index (χ3n) is 4.90. The molecule has 1 atom stereocenters.